The van der Waals surface area contributed by atoms with E-state index in [0.717, 1.165) is 6.07 Å². The van der Waals surface area contributed by atoms with Crippen molar-refractivity contribution in [3.8, 4) is 6.07 Å². The van der Waals surface area contributed by atoms with Crippen molar-refractivity contribution in [1.29, 1.82) is 5.26 Å². The molecule has 0 spiro atoms. The zero-order valence-corrected chi connectivity index (χ0v) is 12.3. The molecule has 0 heterocycles. The van der Waals surface area contributed by atoms with E-state index < -0.39 is 21.4 Å². The summed E-state index contributed by atoms with van der Waals surface area (Å²) in [5.74, 6) is -0.212. The van der Waals surface area contributed by atoms with Crippen LogP contribution in [0.5, 0.6) is 0 Å². The van der Waals surface area contributed by atoms with Gasteiger partial charge in [0.25, 0.3) is 0 Å². The molecule has 0 saturated carbocycles. The first-order chi connectivity index (χ1) is 8.96. The van der Waals surface area contributed by atoms with Gasteiger partial charge in [0.05, 0.1) is 0 Å². The fourth-order valence-corrected chi connectivity index (χ4v) is 3.87. The second-order valence-electron chi connectivity index (χ2n) is 3.91. The van der Waals surface area contributed by atoms with E-state index in [2.05, 4.69) is 4.72 Å². The predicted molar refractivity (Wildman–Crippen MR) is 73.9 cm³/mol. The molecule has 1 aromatic rings. The van der Waals surface area contributed by atoms with Gasteiger partial charge in [0.15, 0.2) is 0 Å². The normalized spacial score (nSPS) is 12.9. The topological polar surface area (TPSA) is 70.0 Å². The molecule has 1 N–H and O–H groups in total. The van der Waals surface area contributed by atoms with Gasteiger partial charge in [-0.25, -0.2) is 17.5 Å². The molecule has 19 heavy (non-hydrogen) atoms. The highest BCUT2D eigenvalue weighted by Crippen LogP contribution is 2.18. The van der Waals surface area contributed by atoms with Crippen molar-refractivity contribution in [3.63, 3.8) is 0 Å². The first kappa shape index (κ1) is 16.0. The summed E-state index contributed by atoms with van der Waals surface area (Å²) < 4.78 is 40.3. The highest BCUT2D eigenvalue weighted by atomic mass is 32.2. The molecule has 1 atom stereocenters. The van der Waals surface area contributed by atoms with Crippen LogP contribution in [0.2, 0.25) is 0 Å². The van der Waals surface area contributed by atoms with Crippen LogP contribution < -0.4 is 4.72 Å². The van der Waals surface area contributed by atoms with E-state index in [1.54, 1.807) is 6.07 Å². The van der Waals surface area contributed by atoms with Crippen molar-refractivity contribution in [2.24, 2.45) is 0 Å². The van der Waals surface area contributed by atoms with Gasteiger partial charge in [-0.2, -0.15) is 17.0 Å². The Bertz CT molecular complexity index is 582. The molecule has 1 aromatic carbocycles. The minimum absolute atomic E-state index is 0.241. The number of halogens is 1. The summed E-state index contributed by atoms with van der Waals surface area (Å²) >= 11 is 1.52. The molecule has 0 aliphatic rings. The number of nitrogens with zero attached hydrogens (tertiary/aromatic N) is 1. The molecule has 0 saturated heterocycles. The third-order valence-corrected chi connectivity index (χ3v) is 4.86. The first-order valence-corrected chi connectivity index (χ1v) is 8.53. The molecule has 0 aliphatic carbocycles. The van der Waals surface area contributed by atoms with E-state index in [-0.39, 0.29) is 10.9 Å². The Morgan fingerprint density at radius 3 is 2.74 bits per heavy atom. The lowest BCUT2D eigenvalue weighted by Gasteiger charge is -2.16. The number of hydrogen-bond acceptors (Lipinski definition) is 4. The number of hydrogen-bond donors (Lipinski definition) is 1. The third-order valence-electron chi connectivity index (χ3n) is 2.56. The molecule has 0 aliphatic heterocycles. The lowest BCUT2D eigenvalue weighted by Crippen LogP contribution is -2.36. The Labute approximate surface area is 117 Å². The van der Waals surface area contributed by atoms with E-state index in [1.807, 2.05) is 13.2 Å². The van der Waals surface area contributed by atoms with Crippen molar-refractivity contribution in [2.75, 3.05) is 12.0 Å². The number of nitrogens with one attached hydrogen (secondary N) is 1. The standard InChI is InChI=1S/C12H15FN2O2S2/c1-3-9(8-18-2)15-19(16,17)12-6-4-5-11(13)10(12)7-14/h4-6,9,15H,3,8H2,1-2H3. The minimum Gasteiger partial charge on any atom is -0.207 e. The van der Waals surface area contributed by atoms with Crippen LogP contribution in [0.1, 0.15) is 18.9 Å². The van der Waals surface area contributed by atoms with Gasteiger partial charge in [-0.15, -0.1) is 0 Å². The van der Waals surface area contributed by atoms with Gasteiger partial charge in [-0.05, 0) is 24.8 Å². The van der Waals surface area contributed by atoms with Gasteiger partial charge in [-0.3, -0.25) is 0 Å². The number of thioether (sulfide) groups is 1. The number of rotatable bonds is 6. The zero-order valence-electron chi connectivity index (χ0n) is 10.7. The second kappa shape index (κ2) is 6.89. The van der Waals surface area contributed by atoms with E-state index in [1.165, 1.54) is 23.9 Å². The van der Waals surface area contributed by atoms with Gasteiger partial charge in [0.2, 0.25) is 10.0 Å². The molecule has 0 fully saturated rings. The Morgan fingerprint density at radius 2 is 2.21 bits per heavy atom. The molecule has 1 rings (SSSR count). The maximum absolute atomic E-state index is 13.4. The van der Waals surface area contributed by atoms with Gasteiger partial charge in [0, 0.05) is 11.8 Å². The van der Waals surface area contributed by atoms with Crippen LogP contribution in [0.25, 0.3) is 0 Å². The molecule has 0 amide bonds. The molecule has 0 bridgehead atoms. The summed E-state index contributed by atoms with van der Waals surface area (Å²) in [6, 6.07) is 4.93. The van der Waals surface area contributed by atoms with Crippen LogP contribution in [0.15, 0.2) is 23.1 Å². The fourth-order valence-electron chi connectivity index (χ4n) is 1.56. The Morgan fingerprint density at radius 1 is 1.53 bits per heavy atom. The molecule has 1 unspecified atom stereocenters. The van der Waals surface area contributed by atoms with Gasteiger partial charge >= 0.3 is 0 Å². The van der Waals surface area contributed by atoms with Crippen LogP contribution in [-0.2, 0) is 10.0 Å². The summed E-state index contributed by atoms with van der Waals surface area (Å²) in [5, 5.41) is 8.87. The lowest BCUT2D eigenvalue weighted by molar-refractivity contribution is 0.555. The van der Waals surface area contributed by atoms with E-state index in [4.69, 9.17) is 5.26 Å². The highest BCUT2D eigenvalue weighted by molar-refractivity contribution is 7.98. The molecule has 7 heteroatoms. The average molecular weight is 302 g/mol. The fraction of sp³-hybridized carbons (Fsp3) is 0.417. The zero-order chi connectivity index (χ0) is 14.5. The molecule has 0 radical (unpaired) electrons. The van der Waals surface area contributed by atoms with Crippen molar-refractivity contribution in [3.05, 3.63) is 29.6 Å². The maximum atomic E-state index is 13.4. The summed E-state index contributed by atoms with van der Waals surface area (Å²) in [6.07, 6.45) is 2.50. The van der Waals surface area contributed by atoms with Crippen LogP contribution >= 0.6 is 11.8 Å². The number of nitriles is 1. The largest absolute Gasteiger partial charge is 0.242 e. The Kier molecular flexibility index (Phi) is 5.79. The second-order valence-corrected chi connectivity index (χ2v) is 6.50. The minimum atomic E-state index is -3.88. The van der Waals surface area contributed by atoms with Gasteiger partial charge < -0.3 is 0 Å². The summed E-state index contributed by atoms with van der Waals surface area (Å²) in [4.78, 5) is -0.311. The van der Waals surface area contributed by atoms with E-state index in [0.29, 0.717) is 12.2 Å². The maximum Gasteiger partial charge on any atom is 0.242 e. The Hall–Kier alpha value is -1.10. The van der Waals surface area contributed by atoms with E-state index in [9.17, 15) is 12.8 Å². The Balaban J connectivity index is 3.15. The third kappa shape index (κ3) is 3.93. The summed E-state index contributed by atoms with van der Waals surface area (Å²) in [7, 11) is -3.88. The van der Waals surface area contributed by atoms with Crippen LogP contribution in [0, 0.1) is 17.1 Å². The summed E-state index contributed by atoms with van der Waals surface area (Å²) in [5.41, 5.74) is -0.450. The number of benzene rings is 1. The SMILES string of the molecule is CCC(CSC)NS(=O)(=O)c1cccc(F)c1C#N. The molecule has 104 valence electrons. The van der Waals surface area contributed by atoms with Crippen molar-refractivity contribution in [2.45, 2.75) is 24.3 Å². The van der Waals surface area contributed by atoms with Crippen LogP contribution in [0.3, 0.4) is 0 Å². The quantitative estimate of drug-likeness (QED) is 0.874. The van der Waals surface area contributed by atoms with Crippen LogP contribution in [-0.4, -0.2) is 26.5 Å². The molecular weight excluding hydrogens is 287 g/mol. The molecule has 4 nitrogen and oxygen atoms in total. The average Bonchev–Trinajstić information content (AvgIpc) is 2.37. The lowest BCUT2D eigenvalue weighted by atomic mass is 10.2. The van der Waals surface area contributed by atoms with Crippen molar-refractivity contribution < 1.29 is 12.8 Å². The van der Waals surface area contributed by atoms with Gasteiger partial charge in [0.1, 0.15) is 22.3 Å². The first-order valence-electron chi connectivity index (χ1n) is 5.66. The van der Waals surface area contributed by atoms with Crippen molar-refractivity contribution in [1.82, 2.24) is 4.72 Å². The highest BCUT2D eigenvalue weighted by Gasteiger charge is 2.23. The summed E-state index contributed by atoms with van der Waals surface area (Å²) in [6.45, 7) is 1.86. The van der Waals surface area contributed by atoms with E-state index >= 15 is 0 Å². The van der Waals surface area contributed by atoms with Crippen molar-refractivity contribution >= 4 is 21.8 Å². The number of sulfonamides is 1. The monoisotopic (exact) mass is 302 g/mol. The molecule has 0 aromatic heterocycles. The van der Waals surface area contributed by atoms with Gasteiger partial charge in [-0.1, -0.05) is 13.0 Å². The predicted octanol–water partition coefficient (Wildman–Crippen LogP) is 2.12. The molecular formula is C12H15FN2O2S2. The van der Waals surface area contributed by atoms with Crippen LogP contribution in [0.4, 0.5) is 4.39 Å². The smallest absolute Gasteiger partial charge is 0.207 e.